The summed E-state index contributed by atoms with van der Waals surface area (Å²) >= 11 is 2.70. The van der Waals surface area contributed by atoms with Crippen molar-refractivity contribution in [3.63, 3.8) is 0 Å². The van der Waals surface area contributed by atoms with Crippen molar-refractivity contribution in [1.29, 1.82) is 0 Å². The van der Waals surface area contributed by atoms with E-state index in [0.717, 1.165) is 17.5 Å². The van der Waals surface area contributed by atoms with Crippen LogP contribution in [0.4, 0.5) is 5.13 Å². The number of carbonyl (C=O) groups is 2. The van der Waals surface area contributed by atoms with Crippen LogP contribution in [0.1, 0.15) is 48.6 Å². The van der Waals surface area contributed by atoms with E-state index in [1.54, 1.807) is 42.5 Å². The number of thioether (sulfide) groups is 1. The number of ketones is 1. The summed E-state index contributed by atoms with van der Waals surface area (Å²) in [4.78, 5) is 28.9. The van der Waals surface area contributed by atoms with Crippen LogP contribution in [0.2, 0.25) is 0 Å². The Morgan fingerprint density at radius 2 is 1.55 bits per heavy atom. The topological polar surface area (TPSA) is 111 Å². The molecule has 1 atom stereocenters. The number of hydrogen-bond donors (Lipinski definition) is 1. The van der Waals surface area contributed by atoms with Crippen LogP contribution < -0.4 is 19.1 Å². The van der Waals surface area contributed by atoms with Gasteiger partial charge in [-0.05, 0) is 66.4 Å². The Bertz CT molecular complexity index is 1930. The quantitative estimate of drug-likeness (QED) is 0.0404. The summed E-state index contributed by atoms with van der Waals surface area (Å²) in [5, 5.41) is 20.6. The van der Waals surface area contributed by atoms with Crippen LogP contribution in [0.5, 0.6) is 17.2 Å². The van der Waals surface area contributed by atoms with Crippen molar-refractivity contribution in [3.8, 4) is 17.2 Å². The summed E-state index contributed by atoms with van der Waals surface area (Å²) in [5.74, 6) is 0.297. The van der Waals surface area contributed by atoms with Crippen LogP contribution in [-0.4, -0.2) is 40.2 Å². The van der Waals surface area contributed by atoms with Gasteiger partial charge in [0, 0.05) is 11.3 Å². The average Bonchev–Trinajstić information content (AvgIpc) is 3.71. The van der Waals surface area contributed by atoms with Gasteiger partial charge in [-0.3, -0.25) is 14.5 Å². The van der Waals surface area contributed by atoms with Gasteiger partial charge < -0.3 is 19.3 Å². The van der Waals surface area contributed by atoms with Gasteiger partial charge in [0.15, 0.2) is 15.8 Å². The molecule has 0 spiro atoms. The highest BCUT2D eigenvalue weighted by Gasteiger charge is 2.48. The van der Waals surface area contributed by atoms with E-state index in [0.29, 0.717) is 58.3 Å². The molecule has 1 aromatic heterocycles. The van der Waals surface area contributed by atoms with E-state index in [1.807, 2.05) is 74.5 Å². The molecule has 11 heteroatoms. The molecule has 5 aromatic rings. The molecule has 1 unspecified atom stereocenters. The van der Waals surface area contributed by atoms with Gasteiger partial charge in [0.2, 0.25) is 5.13 Å². The first kappa shape index (κ1) is 33.8. The largest absolute Gasteiger partial charge is 0.507 e. The molecule has 2 heterocycles. The molecule has 1 saturated heterocycles. The molecule has 0 radical (unpaired) electrons. The summed E-state index contributed by atoms with van der Waals surface area (Å²) in [7, 11) is 0. The summed E-state index contributed by atoms with van der Waals surface area (Å²) in [5.41, 5.74) is 2.95. The van der Waals surface area contributed by atoms with Crippen LogP contribution in [0.3, 0.4) is 0 Å². The van der Waals surface area contributed by atoms with Gasteiger partial charge >= 0.3 is 5.91 Å². The lowest BCUT2D eigenvalue weighted by molar-refractivity contribution is -0.132. The summed E-state index contributed by atoms with van der Waals surface area (Å²) < 4.78 is 18.5. The number of aromatic nitrogens is 2. The van der Waals surface area contributed by atoms with Crippen molar-refractivity contribution in [2.45, 2.75) is 43.0 Å². The Labute approximate surface area is 293 Å². The number of Topliss-reactive ketones (excluding diaryl/α,β-unsaturated/α-hetero) is 1. The second-order valence-corrected chi connectivity index (χ2v) is 13.3. The molecule has 1 fully saturated rings. The number of carbonyl (C=O) groups excluding carboxylic acids is 2. The Hall–Kier alpha value is -5.13. The zero-order valence-corrected chi connectivity index (χ0v) is 28.7. The van der Waals surface area contributed by atoms with Crippen LogP contribution in [0.15, 0.2) is 113 Å². The molecule has 1 aliphatic heterocycles. The monoisotopic (exact) mass is 693 g/mol. The number of aliphatic hydroxyl groups excluding tert-OH is 1. The zero-order chi connectivity index (χ0) is 34.2. The molecule has 1 aliphatic rings. The van der Waals surface area contributed by atoms with Gasteiger partial charge in [0.05, 0.1) is 24.8 Å². The fourth-order valence-electron chi connectivity index (χ4n) is 5.32. The molecule has 4 aromatic carbocycles. The first-order valence-electron chi connectivity index (χ1n) is 15.9. The van der Waals surface area contributed by atoms with Crippen molar-refractivity contribution in [2.75, 3.05) is 18.1 Å². The van der Waals surface area contributed by atoms with Crippen LogP contribution in [0, 0.1) is 0 Å². The number of amides is 1. The predicted octanol–water partition coefficient (Wildman–Crippen LogP) is 8.22. The van der Waals surface area contributed by atoms with Crippen molar-refractivity contribution >= 4 is 45.7 Å². The first-order chi connectivity index (χ1) is 24.0. The lowest BCUT2D eigenvalue weighted by Gasteiger charge is -2.23. The maximum Gasteiger partial charge on any atom is 0.301 e. The molecule has 0 saturated carbocycles. The molecule has 1 N–H and O–H groups in total. The van der Waals surface area contributed by atoms with Gasteiger partial charge in [0.1, 0.15) is 18.1 Å². The third-order valence-corrected chi connectivity index (χ3v) is 9.80. The predicted molar refractivity (Wildman–Crippen MR) is 191 cm³/mol. The SMILES string of the molecule is CCCOc1ccc(/C(O)=C2\C(=O)C(=O)N(c3nnc(SCc4ccccc4)s3)C2c2ccc(OCc3ccccc3)c(OCC)c2)cc1. The van der Waals surface area contributed by atoms with Gasteiger partial charge in [-0.2, -0.15) is 0 Å². The Morgan fingerprint density at radius 3 is 2.24 bits per heavy atom. The number of ether oxygens (including phenoxy) is 3. The standard InChI is InChI=1S/C38H35N3O6S2/c1-3-21-46-29-18-15-27(16-19-29)34(42)32-33(28-17-20-30(31(22-28)45-4-2)47-23-25-11-7-5-8-12-25)41(36(44)35(32)43)37-39-40-38(49-37)48-24-26-13-9-6-10-14-26/h5-20,22,33,42H,3-4,21,23-24H2,1-2H3/b34-32+. The van der Waals surface area contributed by atoms with Crippen molar-refractivity contribution in [2.24, 2.45) is 0 Å². The van der Waals surface area contributed by atoms with E-state index in [9.17, 15) is 14.7 Å². The molecular weight excluding hydrogens is 659 g/mol. The van der Waals surface area contributed by atoms with Crippen molar-refractivity contribution < 1.29 is 28.9 Å². The lowest BCUT2D eigenvalue weighted by atomic mass is 9.95. The van der Waals surface area contributed by atoms with Gasteiger partial charge in [-0.25, -0.2) is 0 Å². The van der Waals surface area contributed by atoms with E-state index < -0.39 is 17.7 Å². The minimum Gasteiger partial charge on any atom is -0.507 e. The third-order valence-electron chi connectivity index (χ3n) is 7.67. The molecule has 49 heavy (non-hydrogen) atoms. The van der Waals surface area contributed by atoms with E-state index in [1.165, 1.54) is 28.0 Å². The highest BCUT2D eigenvalue weighted by Crippen LogP contribution is 2.46. The molecule has 1 amide bonds. The fourth-order valence-corrected chi connectivity index (χ4v) is 7.15. The highest BCUT2D eigenvalue weighted by molar-refractivity contribution is 8.00. The molecular formula is C38H35N3O6S2. The normalized spacial score (nSPS) is 15.4. The smallest absolute Gasteiger partial charge is 0.301 e. The minimum atomic E-state index is -1.02. The molecule has 0 aliphatic carbocycles. The summed E-state index contributed by atoms with van der Waals surface area (Å²) in [6.07, 6.45) is 0.850. The number of aliphatic hydroxyl groups is 1. The second kappa shape index (κ2) is 15.8. The Kier molecular flexibility index (Phi) is 10.9. The van der Waals surface area contributed by atoms with Crippen LogP contribution in [0.25, 0.3) is 5.76 Å². The third kappa shape index (κ3) is 7.79. The van der Waals surface area contributed by atoms with Crippen LogP contribution in [-0.2, 0) is 21.9 Å². The number of anilines is 1. The second-order valence-electron chi connectivity index (χ2n) is 11.1. The van der Waals surface area contributed by atoms with E-state index in [2.05, 4.69) is 10.2 Å². The van der Waals surface area contributed by atoms with Crippen LogP contribution >= 0.6 is 23.1 Å². The van der Waals surface area contributed by atoms with Crippen molar-refractivity contribution in [1.82, 2.24) is 10.2 Å². The molecule has 9 nitrogen and oxygen atoms in total. The number of nitrogens with zero attached hydrogens (tertiary/aromatic N) is 3. The average molecular weight is 694 g/mol. The molecule has 0 bridgehead atoms. The fraction of sp³-hybridized carbons (Fsp3) is 0.211. The highest BCUT2D eigenvalue weighted by atomic mass is 32.2. The first-order valence-corrected chi connectivity index (χ1v) is 17.7. The maximum absolute atomic E-state index is 13.8. The molecule has 250 valence electrons. The van der Waals surface area contributed by atoms with Gasteiger partial charge in [0.25, 0.3) is 5.78 Å². The van der Waals surface area contributed by atoms with Gasteiger partial charge in [-0.1, -0.05) is 96.8 Å². The minimum absolute atomic E-state index is 0.0682. The zero-order valence-electron chi connectivity index (χ0n) is 27.1. The summed E-state index contributed by atoms with van der Waals surface area (Å²) in [6.45, 7) is 5.11. The van der Waals surface area contributed by atoms with E-state index >= 15 is 0 Å². The van der Waals surface area contributed by atoms with Gasteiger partial charge in [-0.15, -0.1) is 10.2 Å². The number of rotatable bonds is 14. The van der Waals surface area contributed by atoms with Crippen molar-refractivity contribution in [3.05, 3.63) is 131 Å². The summed E-state index contributed by atoms with van der Waals surface area (Å²) in [6, 6.07) is 30.8. The number of hydrogen-bond acceptors (Lipinski definition) is 10. The number of benzene rings is 4. The Morgan fingerprint density at radius 1 is 0.837 bits per heavy atom. The maximum atomic E-state index is 13.8. The van der Waals surface area contributed by atoms with E-state index in [-0.39, 0.29) is 16.5 Å². The molecule has 6 rings (SSSR count). The lowest BCUT2D eigenvalue weighted by Crippen LogP contribution is -2.29. The van der Waals surface area contributed by atoms with E-state index in [4.69, 9.17) is 14.2 Å². The Balaban J connectivity index is 1.39.